The van der Waals surface area contributed by atoms with E-state index in [4.69, 9.17) is 5.73 Å². The van der Waals surface area contributed by atoms with E-state index in [1.54, 1.807) is 11.3 Å². The van der Waals surface area contributed by atoms with E-state index < -0.39 is 0 Å². The summed E-state index contributed by atoms with van der Waals surface area (Å²) in [6, 6.07) is 0.745. The molecule has 2 rings (SSSR count). The molecule has 0 aromatic carbocycles. The molecular formula is C11H19N3S. The normalized spacial score (nSPS) is 23.4. The molecule has 1 aliphatic rings. The predicted molar refractivity (Wildman–Crippen MR) is 65.4 cm³/mol. The van der Waals surface area contributed by atoms with Crippen molar-refractivity contribution in [1.29, 1.82) is 0 Å². The van der Waals surface area contributed by atoms with Crippen molar-refractivity contribution >= 4 is 16.5 Å². The largest absolute Gasteiger partial charge is 0.345 e. The smallest absolute Gasteiger partial charge is 0.185 e. The highest BCUT2D eigenvalue weighted by Gasteiger charge is 2.25. The molecule has 0 bridgehead atoms. The van der Waals surface area contributed by atoms with Crippen LogP contribution in [0.1, 0.15) is 44.8 Å². The fourth-order valence-electron chi connectivity index (χ4n) is 2.13. The standard InChI is InChI=1S/C11H19N3S/c1-3-9-5-4-6-14(9)11-13-10(7-15-11)8(2)12/h7-9H,3-6,12H2,1-2H3. The van der Waals surface area contributed by atoms with E-state index >= 15 is 0 Å². The van der Waals surface area contributed by atoms with Crippen LogP contribution in [-0.2, 0) is 0 Å². The second kappa shape index (κ2) is 4.49. The Morgan fingerprint density at radius 3 is 3.13 bits per heavy atom. The lowest BCUT2D eigenvalue weighted by atomic mass is 10.2. The number of rotatable bonds is 3. The number of hydrogen-bond acceptors (Lipinski definition) is 4. The molecule has 2 heterocycles. The Hall–Kier alpha value is -0.610. The lowest BCUT2D eigenvalue weighted by Crippen LogP contribution is -2.28. The molecule has 84 valence electrons. The molecule has 1 aliphatic heterocycles. The van der Waals surface area contributed by atoms with Crippen LogP contribution in [0.15, 0.2) is 5.38 Å². The monoisotopic (exact) mass is 225 g/mol. The first-order valence-electron chi connectivity index (χ1n) is 5.70. The number of anilines is 1. The highest BCUT2D eigenvalue weighted by Crippen LogP contribution is 2.30. The molecule has 1 aromatic heterocycles. The van der Waals surface area contributed by atoms with Gasteiger partial charge >= 0.3 is 0 Å². The lowest BCUT2D eigenvalue weighted by molar-refractivity contribution is 0.642. The summed E-state index contributed by atoms with van der Waals surface area (Å²) in [6.45, 7) is 5.40. The molecule has 2 unspecified atom stereocenters. The molecule has 15 heavy (non-hydrogen) atoms. The Bertz CT molecular complexity index is 321. The van der Waals surface area contributed by atoms with Crippen LogP contribution in [0.3, 0.4) is 0 Å². The minimum Gasteiger partial charge on any atom is -0.345 e. The van der Waals surface area contributed by atoms with Crippen molar-refractivity contribution in [3.05, 3.63) is 11.1 Å². The van der Waals surface area contributed by atoms with Crippen LogP contribution < -0.4 is 10.6 Å². The number of hydrogen-bond donors (Lipinski definition) is 1. The van der Waals surface area contributed by atoms with Crippen molar-refractivity contribution < 1.29 is 0 Å². The maximum atomic E-state index is 5.82. The van der Waals surface area contributed by atoms with Crippen LogP contribution in [0.2, 0.25) is 0 Å². The first kappa shape index (κ1) is 10.9. The van der Waals surface area contributed by atoms with Gasteiger partial charge < -0.3 is 10.6 Å². The van der Waals surface area contributed by atoms with Gasteiger partial charge in [0.05, 0.1) is 5.69 Å². The first-order chi connectivity index (χ1) is 7.22. The van der Waals surface area contributed by atoms with Gasteiger partial charge in [-0.3, -0.25) is 0 Å². The summed E-state index contributed by atoms with van der Waals surface area (Å²) in [5, 5.41) is 3.25. The zero-order valence-corrected chi connectivity index (χ0v) is 10.3. The molecule has 1 fully saturated rings. The Morgan fingerprint density at radius 2 is 2.53 bits per heavy atom. The molecule has 0 radical (unpaired) electrons. The van der Waals surface area contributed by atoms with Gasteiger partial charge in [-0.1, -0.05) is 6.92 Å². The number of nitrogens with two attached hydrogens (primary N) is 1. The molecule has 0 aliphatic carbocycles. The molecule has 1 saturated heterocycles. The Balaban J connectivity index is 2.14. The first-order valence-corrected chi connectivity index (χ1v) is 6.58. The third-order valence-electron chi connectivity index (χ3n) is 3.07. The number of aromatic nitrogens is 1. The van der Waals surface area contributed by atoms with E-state index in [-0.39, 0.29) is 6.04 Å². The van der Waals surface area contributed by atoms with Gasteiger partial charge in [-0.25, -0.2) is 4.98 Å². The van der Waals surface area contributed by atoms with Crippen LogP contribution in [-0.4, -0.2) is 17.6 Å². The predicted octanol–water partition coefficient (Wildman–Crippen LogP) is 2.54. The molecule has 3 nitrogen and oxygen atoms in total. The fraction of sp³-hybridized carbons (Fsp3) is 0.727. The average Bonchev–Trinajstić information content (AvgIpc) is 2.85. The summed E-state index contributed by atoms with van der Waals surface area (Å²) in [4.78, 5) is 7.05. The van der Waals surface area contributed by atoms with E-state index in [0.29, 0.717) is 6.04 Å². The summed E-state index contributed by atoms with van der Waals surface area (Å²) >= 11 is 1.73. The molecular weight excluding hydrogens is 206 g/mol. The van der Waals surface area contributed by atoms with Gasteiger partial charge in [-0.15, -0.1) is 11.3 Å². The van der Waals surface area contributed by atoms with E-state index in [0.717, 1.165) is 17.4 Å². The van der Waals surface area contributed by atoms with Crippen molar-refractivity contribution in [1.82, 2.24) is 4.98 Å². The second-order valence-corrected chi connectivity index (χ2v) is 5.08. The lowest BCUT2D eigenvalue weighted by Gasteiger charge is -2.22. The molecule has 0 saturated carbocycles. The highest BCUT2D eigenvalue weighted by molar-refractivity contribution is 7.13. The summed E-state index contributed by atoms with van der Waals surface area (Å²) < 4.78 is 0. The summed E-state index contributed by atoms with van der Waals surface area (Å²) in [5.41, 5.74) is 6.84. The van der Waals surface area contributed by atoms with Gasteiger partial charge in [-0.05, 0) is 26.2 Å². The van der Waals surface area contributed by atoms with Crippen LogP contribution in [0.5, 0.6) is 0 Å². The van der Waals surface area contributed by atoms with Crippen LogP contribution in [0.4, 0.5) is 5.13 Å². The van der Waals surface area contributed by atoms with Crippen molar-refractivity contribution in [2.75, 3.05) is 11.4 Å². The van der Waals surface area contributed by atoms with Gasteiger partial charge in [0.2, 0.25) is 0 Å². The average molecular weight is 225 g/mol. The summed E-state index contributed by atoms with van der Waals surface area (Å²) in [7, 11) is 0. The molecule has 4 heteroatoms. The Morgan fingerprint density at radius 1 is 1.73 bits per heavy atom. The molecule has 2 atom stereocenters. The zero-order chi connectivity index (χ0) is 10.8. The number of thiazole rings is 1. The van der Waals surface area contributed by atoms with Gasteiger partial charge in [0.15, 0.2) is 5.13 Å². The summed E-state index contributed by atoms with van der Waals surface area (Å²) in [6.07, 6.45) is 3.82. The second-order valence-electron chi connectivity index (χ2n) is 4.24. The third-order valence-corrected chi connectivity index (χ3v) is 3.97. The van der Waals surface area contributed by atoms with E-state index in [9.17, 15) is 0 Å². The van der Waals surface area contributed by atoms with Crippen molar-refractivity contribution in [2.45, 2.75) is 45.2 Å². The maximum Gasteiger partial charge on any atom is 0.185 e. The van der Waals surface area contributed by atoms with Crippen molar-refractivity contribution in [3.8, 4) is 0 Å². The molecule has 2 N–H and O–H groups in total. The van der Waals surface area contributed by atoms with E-state index in [1.807, 2.05) is 6.92 Å². The molecule has 0 spiro atoms. The fourth-order valence-corrected chi connectivity index (χ4v) is 3.16. The van der Waals surface area contributed by atoms with Crippen LogP contribution >= 0.6 is 11.3 Å². The SMILES string of the molecule is CCC1CCCN1c1nc(C(C)N)cs1. The molecule has 1 aromatic rings. The van der Waals surface area contributed by atoms with Gasteiger partial charge in [0.1, 0.15) is 0 Å². The third kappa shape index (κ3) is 2.16. The summed E-state index contributed by atoms with van der Waals surface area (Å²) in [5.74, 6) is 0. The van der Waals surface area contributed by atoms with Crippen molar-refractivity contribution in [2.24, 2.45) is 5.73 Å². The zero-order valence-electron chi connectivity index (χ0n) is 9.44. The Kier molecular flexibility index (Phi) is 3.26. The quantitative estimate of drug-likeness (QED) is 0.859. The van der Waals surface area contributed by atoms with Gasteiger partial charge in [-0.2, -0.15) is 0 Å². The minimum absolute atomic E-state index is 0.0534. The molecule has 0 amide bonds. The van der Waals surface area contributed by atoms with Gasteiger partial charge in [0, 0.05) is 24.0 Å². The van der Waals surface area contributed by atoms with Crippen LogP contribution in [0, 0.1) is 0 Å². The minimum atomic E-state index is 0.0534. The van der Waals surface area contributed by atoms with E-state index in [1.165, 1.54) is 19.3 Å². The van der Waals surface area contributed by atoms with Gasteiger partial charge in [0.25, 0.3) is 0 Å². The number of nitrogens with zero attached hydrogens (tertiary/aromatic N) is 2. The topological polar surface area (TPSA) is 42.2 Å². The Labute approximate surface area is 95.3 Å². The van der Waals surface area contributed by atoms with Crippen molar-refractivity contribution in [3.63, 3.8) is 0 Å². The maximum absolute atomic E-state index is 5.82. The van der Waals surface area contributed by atoms with Crippen LogP contribution in [0.25, 0.3) is 0 Å². The highest BCUT2D eigenvalue weighted by atomic mass is 32.1. The van der Waals surface area contributed by atoms with E-state index in [2.05, 4.69) is 22.2 Å².